The minimum Gasteiger partial charge on any atom is -0.550 e. The highest BCUT2D eigenvalue weighted by Gasteiger charge is 2.25. The molecule has 0 aromatic heterocycles. The van der Waals surface area contributed by atoms with Crippen LogP contribution in [0.15, 0.2) is 0 Å². The number of carbonyl (C=O) groups is 2. The van der Waals surface area contributed by atoms with Crippen LogP contribution in [0.4, 0.5) is 0 Å². The Morgan fingerprint density at radius 2 is 1.65 bits per heavy atom. The van der Waals surface area contributed by atoms with Gasteiger partial charge in [0.1, 0.15) is 18.9 Å². The first-order valence-electron chi connectivity index (χ1n) is 6.08. The van der Waals surface area contributed by atoms with Gasteiger partial charge in [0.15, 0.2) is 0 Å². The van der Waals surface area contributed by atoms with Crippen LogP contribution >= 0.6 is 0 Å². The Bertz CT molecular complexity index is 229. The lowest BCUT2D eigenvalue weighted by Crippen LogP contribution is -2.54. The van der Waals surface area contributed by atoms with E-state index in [1.807, 2.05) is 0 Å². The number of carboxylic acids is 1. The van der Waals surface area contributed by atoms with Crippen LogP contribution in [0.2, 0.25) is 0 Å². The van der Waals surface area contributed by atoms with Crippen LogP contribution in [-0.4, -0.2) is 55.6 Å². The molecule has 0 bridgehead atoms. The van der Waals surface area contributed by atoms with Crippen molar-refractivity contribution in [2.24, 2.45) is 0 Å². The first kappa shape index (κ1) is 16.1. The lowest BCUT2D eigenvalue weighted by atomic mass is 10.3. The van der Waals surface area contributed by atoms with Crippen molar-refractivity contribution in [2.45, 2.75) is 27.2 Å². The molecule has 5 nitrogen and oxygen atoms in total. The third-order valence-corrected chi connectivity index (χ3v) is 3.15. The van der Waals surface area contributed by atoms with Gasteiger partial charge in [-0.2, -0.15) is 0 Å². The Balaban J connectivity index is 0.000000325. The number of quaternary nitrogens is 1. The molecular formula is C12H23NO4. The van der Waals surface area contributed by atoms with Gasteiger partial charge in [0.2, 0.25) is 0 Å². The van der Waals surface area contributed by atoms with E-state index in [1.54, 1.807) is 0 Å². The van der Waals surface area contributed by atoms with E-state index < -0.39 is 12.4 Å². The van der Waals surface area contributed by atoms with Crippen molar-refractivity contribution in [3.05, 3.63) is 0 Å². The Labute approximate surface area is 103 Å². The van der Waals surface area contributed by atoms with Crippen molar-refractivity contribution < 1.29 is 23.9 Å². The number of Topliss-reactive ketones (excluding diaryl/α,β-unsaturated/α-hetero) is 1. The summed E-state index contributed by atoms with van der Waals surface area (Å²) in [5, 5.41) is 9.48. The number of likely N-dealkylation sites (N-methyl/N-ethyl adjacent to an activating group) is 1. The van der Waals surface area contributed by atoms with Gasteiger partial charge in [-0.25, -0.2) is 0 Å². The molecule has 0 spiro atoms. The molecule has 0 aromatic carbocycles. The molecule has 1 rings (SSSR count). The third kappa shape index (κ3) is 7.07. The SMILES string of the molecule is CC(=O)CC(=O)[O-].CC[N+]1(CC)CCOCC1. The molecule has 1 saturated heterocycles. The monoisotopic (exact) mass is 245 g/mol. The second-order valence-corrected chi connectivity index (χ2v) is 4.28. The van der Waals surface area contributed by atoms with Crippen molar-refractivity contribution >= 4 is 11.8 Å². The maximum absolute atomic E-state index is 9.83. The minimum absolute atomic E-state index is 0.375. The predicted molar refractivity (Wildman–Crippen MR) is 62.2 cm³/mol. The molecule has 1 fully saturated rings. The molecule has 0 aliphatic carbocycles. The zero-order chi connectivity index (χ0) is 13.3. The third-order valence-electron chi connectivity index (χ3n) is 3.15. The van der Waals surface area contributed by atoms with E-state index in [1.165, 1.54) is 37.6 Å². The molecule has 0 unspecified atom stereocenters. The number of morpholine rings is 1. The highest BCUT2D eigenvalue weighted by Crippen LogP contribution is 2.09. The molecule has 17 heavy (non-hydrogen) atoms. The van der Waals surface area contributed by atoms with Gasteiger partial charge in [0, 0.05) is 12.4 Å². The molecule has 1 aliphatic rings. The fourth-order valence-electron chi connectivity index (χ4n) is 1.79. The summed E-state index contributed by atoms with van der Waals surface area (Å²) in [6.07, 6.45) is -0.472. The topological polar surface area (TPSA) is 66.4 Å². The van der Waals surface area contributed by atoms with Gasteiger partial charge in [-0.3, -0.25) is 4.79 Å². The number of nitrogens with zero attached hydrogens (tertiary/aromatic N) is 1. The van der Waals surface area contributed by atoms with Gasteiger partial charge < -0.3 is 19.1 Å². The maximum Gasteiger partial charge on any atom is 0.135 e. The number of carbonyl (C=O) groups excluding carboxylic acids is 2. The average Bonchev–Trinajstić information content (AvgIpc) is 2.29. The Morgan fingerprint density at radius 1 is 1.18 bits per heavy atom. The largest absolute Gasteiger partial charge is 0.550 e. The van der Waals surface area contributed by atoms with Crippen molar-refractivity contribution in [3.63, 3.8) is 0 Å². The van der Waals surface area contributed by atoms with Crippen molar-refractivity contribution in [2.75, 3.05) is 39.4 Å². The molecule has 5 heteroatoms. The van der Waals surface area contributed by atoms with Crippen molar-refractivity contribution in [1.82, 2.24) is 0 Å². The van der Waals surface area contributed by atoms with E-state index in [-0.39, 0.29) is 5.78 Å². The number of ketones is 1. The maximum atomic E-state index is 9.83. The summed E-state index contributed by atoms with van der Waals surface area (Å²) in [7, 11) is 0. The number of carboxylic acid groups (broad SMARTS) is 1. The van der Waals surface area contributed by atoms with Gasteiger partial charge in [0.05, 0.1) is 26.3 Å². The smallest absolute Gasteiger partial charge is 0.135 e. The Kier molecular flexibility index (Phi) is 7.74. The predicted octanol–water partition coefficient (Wildman–Crippen LogP) is -0.411. The molecule has 0 N–H and O–H groups in total. The highest BCUT2D eigenvalue weighted by atomic mass is 16.5. The number of ether oxygens (including phenoxy) is 1. The zero-order valence-electron chi connectivity index (χ0n) is 11.0. The van der Waals surface area contributed by atoms with Crippen LogP contribution in [0.5, 0.6) is 0 Å². The second kappa shape index (κ2) is 8.20. The molecule has 1 aliphatic heterocycles. The summed E-state index contributed by atoms with van der Waals surface area (Å²) in [4.78, 5) is 19.3. The van der Waals surface area contributed by atoms with Crippen LogP contribution in [0.1, 0.15) is 27.2 Å². The zero-order valence-corrected chi connectivity index (χ0v) is 11.0. The van der Waals surface area contributed by atoms with Crippen molar-refractivity contribution in [1.29, 1.82) is 0 Å². The van der Waals surface area contributed by atoms with Gasteiger partial charge in [-0.15, -0.1) is 0 Å². The summed E-state index contributed by atoms with van der Waals surface area (Å²) >= 11 is 0. The van der Waals surface area contributed by atoms with Crippen LogP contribution < -0.4 is 5.11 Å². The van der Waals surface area contributed by atoms with E-state index in [0.717, 1.165) is 13.2 Å². The number of aliphatic carboxylic acids is 1. The fraction of sp³-hybridized carbons (Fsp3) is 0.833. The first-order chi connectivity index (χ1) is 7.95. The standard InChI is InChI=1S/C8H18NO.C4H6O3/c1-3-9(4-2)5-7-10-8-6-9;1-3(5)2-4(6)7/h3-8H2,1-2H3;2H2,1H3,(H,6,7)/q+1;/p-1. The number of hydrogen-bond donors (Lipinski definition) is 0. The fourth-order valence-corrected chi connectivity index (χ4v) is 1.79. The summed E-state index contributed by atoms with van der Waals surface area (Å²) in [5.74, 6) is -1.69. The minimum atomic E-state index is -1.31. The molecule has 1 heterocycles. The molecule has 0 aromatic rings. The lowest BCUT2D eigenvalue weighted by molar-refractivity contribution is -0.931. The summed E-state index contributed by atoms with van der Waals surface area (Å²) in [6.45, 7) is 12.6. The molecule has 0 radical (unpaired) electrons. The quantitative estimate of drug-likeness (QED) is 0.499. The molecule has 0 atom stereocenters. The van der Waals surface area contributed by atoms with Crippen molar-refractivity contribution in [3.8, 4) is 0 Å². The Hall–Kier alpha value is -0.940. The van der Waals surface area contributed by atoms with Gasteiger partial charge >= 0.3 is 0 Å². The number of hydrogen-bond acceptors (Lipinski definition) is 4. The van der Waals surface area contributed by atoms with Crippen LogP contribution in [0.25, 0.3) is 0 Å². The number of rotatable bonds is 4. The average molecular weight is 245 g/mol. The molecule has 100 valence electrons. The molecule has 0 saturated carbocycles. The summed E-state index contributed by atoms with van der Waals surface area (Å²) in [6, 6.07) is 0. The second-order valence-electron chi connectivity index (χ2n) is 4.28. The van der Waals surface area contributed by atoms with Crippen LogP contribution in [0, 0.1) is 0 Å². The summed E-state index contributed by atoms with van der Waals surface area (Å²) in [5.41, 5.74) is 0. The van der Waals surface area contributed by atoms with E-state index in [2.05, 4.69) is 13.8 Å². The summed E-state index contributed by atoms with van der Waals surface area (Å²) < 4.78 is 6.58. The van der Waals surface area contributed by atoms with Crippen LogP contribution in [0.3, 0.4) is 0 Å². The van der Waals surface area contributed by atoms with Crippen LogP contribution in [-0.2, 0) is 14.3 Å². The normalized spacial score (nSPS) is 17.8. The van der Waals surface area contributed by atoms with E-state index in [0.29, 0.717) is 0 Å². The van der Waals surface area contributed by atoms with Gasteiger partial charge in [-0.1, -0.05) is 0 Å². The van der Waals surface area contributed by atoms with Gasteiger partial charge in [-0.05, 0) is 20.8 Å². The first-order valence-corrected chi connectivity index (χ1v) is 6.08. The van der Waals surface area contributed by atoms with E-state index in [9.17, 15) is 14.7 Å². The molecular weight excluding hydrogens is 222 g/mol. The highest BCUT2D eigenvalue weighted by molar-refractivity contribution is 5.92. The Morgan fingerprint density at radius 3 is 1.82 bits per heavy atom. The lowest BCUT2D eigenvalue weighted by Gasteiger charge is -2.39. The van der Waals surface area contributed by atoms with E-state index in [4.69, 9.17) is 4.74 Å². The molecule has 0 amide bonds. The van der Waals surface area contributed by atoms with Gasteiger partial charge in [0.25, 0.3) is 0 Å². The van der Waals surface area contributed by atoms with E-state index >= 15 is 0 Å².